The molecule has 0 saturated carbocycles. The van der Waals surface area contributed by atoms with Crippen LogP contribution in [0.1, 0.15) is 5.56 Å². The lowest BCUT2D eigenvalue weighted by molar-refractivity contribution is 0.0135. The molecular weight excluding hydrogens is 452 g/mol. The Labute approximate surface area is 199 Å². The maximum Gasteiger partial charge on any atom is 0.334 e. The molecule has 0 bridgehead atoms. The topological polar surface area (TPSA) is 146 Å². The van der Waals surface area contributed by atoms with Crippen molar-refractivity contribution >= 4 is 28.4 Å². The first-order valence-electron chi connectivity index (χ1n) is 11.1. The van der Waals surface area contributed by atoms with E-state index in [1.807, 2.05) is 24.3 Å². The number of fused-ring (bicyclic) bond motifs is 1. The molecule has 0 radical (unpaired) electrons. The Balaban J connectivity index is 1.36. The van der Waals surface area contributed by atoms with Crippen LogP contribution < -0.4 is 21.5 Å². The third kappa shape index (κ3) is 4.34. The second-order valence-electron chi connectivity index (χ2n) is 8.26. The number of H-pyrrole nitrogens is 1. The number of ether oxygens (including phenoxy) is 1. The number of nitrogens with zero attached hydrogens (tertiary/aromatic N) is 4. The standard InChI is InChI=1S/C24H24N6O5/c1-14-3-2-4-19(32)20(14)30-22(33)18-11-25-23(27-21(18)28-24(30)34)26-15-5-7-16(8-6-15)29-12-17(13-29)35-10-9-31/h2-8,11,17,31-32H,9-10,12-13H2,1H3,(H2,25,26,27,28,34). The molecule has 0 unspecified atom stereocenters. The summed E-state index contributed by atoms with van der Waals surface area (Å²) in [7, 11) is 0. The maximum absolute atomic E-state index is 13.0. The molecule has 0 atom stereocenters. The predicted octanol–water partition coefficient (Wildman–Crippen LogP) is 1.42. The molecule has 11 heteroatoms. The zero-order valence-electron chi connectivity index (χ0n) is 18.9. The van der Waals surface area contributed by atoms with Gasteiger partial charge in [-0.3, -0.25) is 9.78 Å². The van der Waals surface area contributed by atoms with Gasteiger partial charge in [-0.2, -0.15) is 4.98 Å². The number of phenolic OH excluding ortho intramolecular Hbond substituents is 1. The molecule has 3 heterocycles. The third-order valence-corrected chi connectivity index (χ3v) is 5.87. The van der Waals surface area contributed by atoms with Crippen molar-refractivity contribution < 1.29 is 14.9 Å². The van der Waals surface area contributed by atoms with E-state index in [1.54, 1.807) is 19.1 Å². The van der Waals surface area contributed by atoms with Crippen LogP contribution in [0.2, 0.25) is 0 Å². The van der Waals surface area contributed by atoms with Crippen LogP contribution in [0.5, 0.6) is 5.75 Å². The molecule has 1 fully saturated rings. The minimum Gasteiger partial charge on any atom is -0.506 e. The van der Waals surface area contributed by atoms with Crippen molar-refractivity contribution in [2.75, 3.05) is 36.5 Å². The van der Waals surface area contributed by atoms with Crippen LogP contribution in [-0.2, 0) is 4.74 Å². The number of benzene rings is 2. The van der Waals surface area contributed by atoms with Crippen LogP contribution in [0, 0.1) is 6.92 Å². The molecule has 2 aromatic carbocycles. The summed E-state index contributed by atoms with van der Waals surface area (Å²) in [5.74, 6) is 0.0456. The number of aromatic hydroxyl groups is 1. The first-order chi connectivity index (χ1) is 16.9. The number of hydrogen-bond donors (Lipinski definition) is 4. The number of aryl methyl sites for hydroxylation is 1. The van der Waals surface area contributed by atoms with Gasteiger partial charge in [0.2, 0.25) is 5.95 Å². The summed E-state index contributed by atoms with van der Waals surface area (Å²) in [5, 5.41) is 22.2. The molecule has 1 aliphatic heterocycles. The molecular formula is C24H24N6O5. The van der Waals surface area contributed by atoms with E-state index in [4.69, 9.17) is 9.84 Å². The van der Waals surface area contributed by atoms with E-state index in [-0.39, 0.29) is 41.1 Å². The fourth-order valence-electron chi connectivity index (χ4n) is 4.06. The lowest BCUT2D eigenvalue weighted by Crippen LogP contribution is -2.52. The van der Waals surface area contributed by atoms with Gasteiger partial charge in [0.05, 0.1) is 25.0 Å². The number of aliphatic hydroxyl groups is 1. The fraction of sp³-hybridized carbons (Fsp3) is 0.250. The number of anilines is 3. The van der Waals surface area contributed by atoms with Gasteiger partial charge in [-0.25, -0.2) is 14.3 Å². The average molecular weight is 476 g/mol. The van der Waals surface area contributed by atoms with Gasteiger partial charge in [-0.15, -0.1) is 0 Å². The highest BCUT2D eigenvalue weighted by Gasteiger charge is 2.27. The lowest BCUT2D eigenvalue weighted by Gasteiger charge is -2.40. The van der Waals surface area contributed by atoms with Crippen LogP contribution in [0.25, 0.3) is 16.7 Å². The van der Waals surface area contributed by atoms with Gasteiger partial charge in [0.25, 0.3) is 5.56 Å². The molecule has 2 aromatic heterocycles. The van der Waals surface area contributed by atoms with Crippen molar-refractivity contribution in [3.63, 3.8) is 0 Å². The number of phenols is 1. The minimum absolute atomic E-state index is 0.0218. The van der Waals surface area contributed by atoms with E-state index in [2.05, 4.69) is 25.2 Å². The van der Waals surface area contributed by atoms with Crippen molar-refractivity contribution in [3.8, 4) is 11.4 Å². The number of rotatable bonds is 7. The van der Waals surface area contributed by atoms with Crippen LogP contribution in [0.3, 0.4) is 0 Å². The summed E-state index contributed by atoms with van der Waals surface area (Å²) < 4.78 is 6.38. The van der Waals surface area contributed by atoms with Gasteiger partial charge in [0, 0.05) is 30.7 Å². The highest BCUT2D eigenvalue weighted by atomic mass is 16.5. The second-order valence-corrected chi connectivity index (χ2v) is 8.26. The molecule has 180 valence electrons. The second kappa shape index (κ2) is 9.20. The van der Waals surface area contributed by atoms with Crippen LogP contribution in [0.4, 0.5) is 17.3 Å². The molecule has 4 aromatic rings. The van der Waals surface area contributed by atoms with Crippen molar-refractivity contribution in [1.29, 1.82) is 0 Å². The van der Waals surface area contributed by atoms with E-state index in [1.165, 1.54) is 12.3 Å². The smallest absolute Gasteiger partial charge is 0.334 e. The monoisotopic (exact) mass is 476 g/mol. The zero-order chi connectivity index (χ0) is 24.5. The predicted molar refractivity (Wildman–Crippen MR) is 131 cm³/mol. The Bertz CT molecular complexity index is 1470. The molecule has 0 aliphatic carbocycles. The minimum atomic E-state index is -0.711. The van der Waals surface area contributed by atoms with E-state index in [0.29, 0.717) is 12.2 Å². The van der Waals surface area contributed by atoms with Gasteiger partial charge in [0.1, 0.15) is 11.1 Å². The first kappa shape index (κ1) is 22.6. The quantitative estimate of drug-likeness (QED) is 0.311. The Morgan fingerprint density at radius 3 is 2.66 bits per heavy atom. The van der Waals surface area contributed by atoms with Crippen molar-refractivity contribution in [2.24, 2.45) is 0 Å². The fourth-order valence-corrected chi connectivity index (χ4v) is 4.06. The Morgan fingerprint density at radius 2 is 1.94 bits per heavy atom. The normalized spacial score (nSPS) is 13.7. The highest BCUT2D eigenvalue weighted by Crippen LogP contribution is 2.25. The molecule has 35 heavy (non-hydrogen) atoms. The Morgan fingerprint density at radius 1 is 1.17 bits per heavy atom. The summed E-state index contributed by atoms with van der Waals surface area (Å²) in [6, 6.07) is 12.4. The van der Waals surface area contributed by atoms with Crippen LogP contribution in [0.15, 0.2) is 58.3 Å². The van der Waals surface area contributed by atoms with E-state index in [0.717, 1.165) is 29.0 Å². The lowest BCUT2D eigenvalue weighted by atomic mass is 10.1. The van der Waals surface area contributed by atoms with Gasteiger partial charge in [-0.1, -0.05) is 12.1 Å². The van der Waals surface area contributed by atoms with E-state index in [9.17, 15) is 14.7 Å². The first-order valence-corrected chi connectivity index (χ1v) is 11.1. The van der Waals surface area contributed by atoms with E-state index >= 15 is 0 Å². The van der Waals surface area contributed by atoms with Crippen LogP contribution in [-0.4, -0.2) is 62.1 Å². The third-order valence-electron chi connectivity index (χ3n) is 5.87. The molecule has 0 spiro atoms. The van der Waals surface area contributed by atoms with Crippen molar-refractivity contribution in [3.05, 3.63) is 75.1 Å². The summed E-state index contributed by atoms with van der Waals surface area (Å²) in [4.78, 5) is 39.1. The van der Waals surface area contributed by atoms with Gasteiger partial charge in [0.15, 0.2) is 5.65 Å². The van der Waals surface area contributed by atoms with E-state index < -0.39 is 11.2 Å². The number of nitrogens with one attached hydrogen (secondary N) is 2. The molecule has 11 nitrogen and oxygen atoms in total. The zero-order valence-corrected chi connectivity index (χ0v) is 18.9. The highest BCUT2D eigenvalue weighted by molar-refractivity contribution is 5.75. The number of hydrogen-bond acceptors (Lipinski definition) is 9. The van der Waals surface area contributed by atoms with Crippen LogP contribution >= 0.6 is 0 Å². The number of aliphatic hydroxyl groups excluding tert-OH is 1. The summed E-state index contributed by atoms with van der Waals surface area (Å²) in [5.41, 5.74) is 1.23. The van der Waals surface area contributed by atoms with Gasteiger partial charge >= 0.3 is 5.69 Å². The molecule has 1 saturated heterocycles. The molecule has 0 amide bonds. The number of aromatic amines is 1. The summed E-state index contributed by atoms with van der Waals surface area (Å²) in [6.45, 7) is 3.61. The summed E-state index contributed by atoms with van der Waals surface area (Å²) in [6.07, 6.45) is 1.47. The average Bonchev–Trinajstić information content (AvgIpc) is 2.81. The van der Waals surface area contributed by atoms with Crippen molar-refractivity contribution in [1.82, 2.24) is 19.5 Å². The number of para-hydroxylation sites is 1. The van der Waals surface area contributed by atoms with Gasteiger partial charge < -0.3 is 25.2 Å². The van der Waals surface area contributed by atoms with Gasteiger partial charge in [-0.05, 0) is 42.8 Å². The Kier molecular flexibility index (Phi) is 5.93. The molecule has 1 aliphatic rings. The molecule has 5 rings (SSSR count). The Hall–Kier alpha value is -4.22. The number of aromatic nitrogens is 4. The molecule has 4 N–H and O–H groups in total. The maximum atomic E-state index is 13.0. The summed E-state index contributed by atoms with van der Waals surface area (Å²) >= 11 is 0. The SMILES string of the molecule is Cc1cccc(O)c1-n1c(=O)[nH]c2nc(Nc3ccc(N4CC(OCCO)C4)cc3)ncc2c1=O. The largest absolute Gasteiger partial charge is 0.506 e. The van der Waals surface area contributed by atoms with Crippen molar-refractivity contribution in [2.45, 2.75) is 13.0 Å².